The zero-order valence-corrected chi connectivity index (χ0v) is 8.20. The number of hydrogen-bond donors (Lipinski definition) is 0. The highest BCUT2D eigenvalue weighted by Crippen LogP contribution is 2.30. The molecule has 2 heterocycles. The van der Waals surface area contributed by atoms with E-state index in [1.165, 1.54) is 12.8 Å². The highest BCUT2D eigenvalue weighted by molar-refractivity contribution is 5.35. The second-order valence-electron chi connectivity index (χ2n) is 4.12. The Hall–Kier alpha value is -1.12. The van der Waals surface area contributed by atoms with Crippen LogP contribution in [-0.2, 0) is 0 Å². The molecular weight excluding hydrogens is 162 g/mol. The van der Waals surface area contributed by atoms with Crippen molar-refractivity contribution in [3.8, 4) is 0 Å². The smallest absolute Gasteiger partial charge is 0.225 e. The van der Waals surface area contributed by atoms with Crippen molar-refractivity contribution in [1.82, 2.24) is 9.97 Å². The van der Waals surface area contributed by atoms with Gasteiger partial charge in [-0.15, -0.1) is 0 Å². The molecule has 13 heavy (non-hydrogen) atoms. The van der Waals surface area contributed by atoms with Gasteiger partial charge in [0.2, 0.25) is 5.95 Å². The van der Waals surface area contributed by atoms with Crippen LogP contribution in [-0.4, -0.2) is 22.1 Å². The molecule has 2 rings (SSSR count). The molecule has 70 valence electrons. The number of rotatable bonds is 1. The summed E-state index contributed by atoms with van der Waals surface area (Å²) in [5, 5.41) is 0. The minimum absolute atomic E-state index is 0.224. The molecule has 0 saturated carbocycles. The van der Waals surface area contributed by atoms with Crippen LogP contribution in [0.3, 0.4) is 0 Å². The molecule has 1 aromatic rings. The molecule has 1 fully saturated rings. The third-order valence-electron chi connectivity index (χ3n) is 2.69. The summed E-state index contributed by atoms with van der Waals surface area (Å²) in [5.41, 5.74) is 0.224. The monoisotopic (exact) mass is 177 g/mol. The van der Waals surface area contributed by atoms with E-state index >= 15 is 0 Å². The molecule has 0 radical (unpaired) electrons. The van der Waals surface area contributed by atoms with Crippen LogP contribution < -0.4 is 4.90 Å². The highest BCUT2D eigenvalue weighted by Gasteiger charge is 2.33. The van der Waals surface area contributed by atoms with Crippen molar-refractivity contribution in [3.05, 3.63) is 18.5 Å². The van der Waals surface area contributed by atoms with Crippen LogP contribution in [0.15, 0.2) is 18.5 Å². The summed E-state index contributed by atoms with van der Waals surface area (Å²) in [6, 6.07) is 1.85. The molecule has 0 N–H and O–H groups in total. The molecule has 3 heteroatoms. The van der Waals surface area contributed by atoms with E-state index in [1.54, 1.807) is 12.4 Å². The Morgan fingerprint density at radius 2 is 2.00 bits per heavy atom. The molecule has 0 aromatic carbocycles. The molecular formula is C10H15N3. The average Bonchev–Trinajstić information content (AvgIpc) is 2.47. The van der Waals surface area contributed by atoms with Crippen LogP contribution in [0, 0.1) is 0 Å². The van der Waals surface area contributed by atoms with Gasteiger partial charge in [0.25, 0.3) is 0 Å². The van der Waals surface area contributed by atoms with E-state index < -0.39 is 0 Å². The quantitative estimate of drug-likeness (QED) is 0.655. The lowest BCUT2D eigenvalue weighted by Crippen LogP contribution is -2.39. The lowest BCUT2D eigenvalue weighted by molar-refractivity contribution is 0.510. The number of nitrogens with zero attached hydrogens (tertiary/aromatic N) is 3. The fourth-order valence-electron chi connectivity index (χ4n) is 1.91. The van der Waals surface area contributed by atoms with E-state index in [9.17, 15) is 0 Å². The van der Waals surface area contributed by atoms with Gasteiger partial charge in [0.15, 0.2) is 0 Å². The number of aromatic nitrogens is 2. The summed E-state index contributed by atoms with van der Waals surface area (Å²) in [6.07, 6.45) is 6.07. The SMILES string of the molecule is CC1(C)CCCN1c1ncccn1. The highest BCUT2D eigenvalue weighted by atomic mass is 15.3. The Balaban J connectivity index is 2.27. The Labute approximate surface area is 78.8 Å². The summed E-state index contributed by atoms with van der Waals surface area (Å²) in [4.78, 5) is 10.8. The normalized spacial score (nSPS) is 20.6. The van der Waals surface area contributed by atoms with Crippen LogP contribution in [0.4, 0.5) is 5.95 Å². The van der Waals surface area contributed by atoms with Crippen LogP contribution in [0.2, 0.25) is 0 Å². The van der Waals surface area contributed by atoms with Gasteiger partial charge in [0.1, 0.15) is 0 Å². The molecule has 1 saturated heterocycles. The molecule has 1 aliphatic heterocycles. The minimum Gasteiger partial charge on any atom is -0.336 e. The molecule has 0 amide bonds. The van der Waals surface area contributed by atoms with Gasteiger partial charge in [0, 0.05) is 24.5 Å². The van der Waals surface area contributed by atoms with Gasteiger partial charge in [-0.3, -0.25) is 0 Å². The zero-order chi connectivity index (χ0) is 9.31. The van der Waals surface area contributed by atoms with E-state index in [-0.39, 0.29) is 5.54 Å². The Bertz CT molecular complexity index is 281. The zero-order valence-electron chi connectivity index (χ0n) is 8.20. The van der Waals surface area contributed by atoms with Crippen LogP contribution in [0.1, 0.15) is 26.7 Å². The van der Waals surface area contributed by atoms with Gasteiger partial charge in [-0.05, 0) is 32.8 Å². The maximum atomic E-state index is 4.27. The fraction of sp³-hybridized carbons (Fsp3) is 0.600. The van der Waals surface area contributed by atoms with Crippen LogP contribution in [0.5, 0.6) is 0 Å². The van der Waals surface area contributed by atoms with Crippen molar-refractivity contribution < 1.29 is 0 Å². The van der Waals surface area contributed by atoms with Crippen LogP contribution >= 0.6 is 0 Å². The predicted octanol–water partition coefficient (Wildman–Crippen LogP) is 1.86. The van der Waals surface area contributed by atoms with Crippen molar-refractivity contribution >= 4 is 5.95 Å². The predicted molar refractivity (Wildman–Crippen MR) is 52.7 cm³/mol. The second kappa shape index (κ2) is 2.98. The van der Waals surface area contributed by atoms with Gasteiger partial charge in [0.05, 0.1) is 0 Å². The Kier molecular flexibility index (Phi) is 1.94. The molecule has 1 aliphatic rings. The standard InChI is InChI=1S/C10H15N3/c1-10(2)5-3-8-13(10)9-11-6-4-7-12-9/h4,6-7H,3,5,8H2,1-2H3. The third-order valence-corrected chi connectivity index (χ3v) is 2.69. The van der Waals surface area contributed by atoms with Crippen molar-refractivity contribution in [2.75, 3.05) is 11.4 Å². The maximum Gasteiger partial charge on any atom is 0.225 e. The first-order chi connectivity index (χ1) is 6.20. The van der Waals surface area contributed by atoms with E-state index in [4.69, 9.17) is 0 Å². The average molecular weight is 177 g/mol. The van der Waals surface area contributed by atoms with E-state index in [0.717, 1.165) is 12.5 Å². The topological polar surface area (TPSA) is 29.0 Å². The van der Waals surface area contributed by atoms with Crippen molar-refractivity contribution in [2.45, 2.75) is 32.2 Å². The number of hydrogen-bond acceptors (Lipinski definition) is 3. The molecule has 0 atom stereocenters. The first-order valence-electron chi connectivity index (χ1n) is 4.75. The molecule has 1 aromatic heterocycles. The van der Waals surface area contributed by atoms with E-state index in [2.05, 4.69) is 28.7 Å². The Morgan fingerprint density at radius 1 is 1.31 bits per heavy atom. The lowest BCUT2D eigenvalue weighted by Gasteiger charge is -2.31. The van der Waals surface area contributed by atoms with Gasteiger partial charge >= 0.3 is 0 Å². The van der Waals surface area contributed by atoms with Gasteiger partial charge < -0.3 is 4.90 Å². The van der Waals surface area contributed by atoms with Gasteiger partial charge in [-0.1, -0.05) is 0 Å². The summed E-state index contributed by atoms with van der Waals surface area (Å²) >= 11 is 0. The van der Waals surface area contributed by atoms with Gasteiger partial charge in [-0.25, -0.2) is 9.97 Å². The van der Waals surface area contributed by atoms with Crippen molar-refractivity contribution in [1.29, 1.82) is 0 Å². The first kappa shape index (κ1) is 8.48. The van der Waals surface area contributed by atoms with E-state index in [0.29, 0.717) is 0 Å². The first-order valence-corrected chi connectivity index (χ1v) is 4.75. The molecule has 0 spiro atoms. The molecule has 0 unspecified atom stereocenters. The van der Waals surface area contributed by atoms with Crippen molar-refractivity contribution in [3.63, 3.8) is 0 Å². The largest absolute Gasteiger partial charge is 0.336 e. The summed E-state index contributed by atoms with van der Waals surface area (Å²) in [6.45, 7) is 5.57. The fourth-order valence-corrected chi connectivity index (χ4v) is 1.91. The molecule has 3 nitrogen and oxygen atoms in total. The van der Waals surface area contributed by atoms with E-state index in [1.807, 2.05) is 6.07 Å². The number of anilines is 1. The molecule has 0 bridgehead atoms. The minimum atomic E-state index is 0.224. The van der Waals surface area contributed by atoms with Gasteiger partial charge in [-0.2, -0.15) is 0 Å². The molecule has 0 aliphatic carbocycles. The second-order valence-corrected chi connectivity index (χ2v) is 4.12. The Morgan fingerprint density at radius 3 is 2.54 bits per heavy atom. The third kappa shape index (κ3) is 1.50. The summed E-state index contributed by atoms with van der Waals surface area (Å²) in [5.74, 6) is 0.866. The lowest BCUT2D eigenvalue weighted by atomic mass is 10.0. The van der Waals surface area contributed by atoms with Crippen molar-refractivity contribution in [2.24, 2.45) is 0 Å². The summed E-state index contributed by atoms with van der Waals surface area (Å²) in [7, 11) is 0. The summed E-state index contributed by atoms with van der Waals surface area (Å²) < 4.78 is 0. The maximum absolute atomic E-state index is 4.27. The van der Waals surface area contributed by atoms with Crippen LogP contribution in [0.25, 0.3) is 0 Å².